The minimum absolute atomic E-state index is 0. The predicted octanol–water partition coefficient (Wildman–Crippen LogP) is 3.12. The zero-order valence-electron chi connectivity index (χ0n) is 15.5. The second kappa shape index (κ2) is 11.0. The van der Waals surface area contributed by atoms with Gasteiger partial charge in [-0.3, -0.25) is 9.39 Å². The van der Waals surface area contributed by atoms with Gasteiger partial charge in [-0.1, -0.05) is 12.5 Å². The van der Waals surface area contributed by atoms with E-state index in [0.717, 1.165) is 42.1 Å². The van der Waals surface area contributed by atoms with Gasteiger partial charge in [0.25, 0.3) is 0 Å². The van der Waals surface area contributed by atoms with E-state index in [2.05, 4.69) is 36.5 Å². The van der Waals surface area contributed by atoms with Gasteiger partial charge in [0.1, 0.15) is 5.82 Å². The van der Waals surface area contributed by atoms with E-state index in [1.165, 1.54) is 25.7 Å². The van der Waals surface area contributed by atoms with Crippen LogP contribution in [0.1, 0.15) is 37.9 Å². The van der Waals surface area contributed by atoms with E-state index in [4.69, 9.17) is 0 Å². The molecule has 2 unspecified atom stereocenters. The third-order valence-electron chi connectivity index (χ3n) is 4.78. The quantitative estimate of drug-likeness (QED) is 0.283. The van der Waals surface area contributed by atoms with Crippen molar-refractivity contribution in [3.05, 3.63) is 30.2 Å². The number of hydrogen-bond donors (Lipinski definition) is 2. The molecule has 0 amide bonds. The molecule has 1 fully saturated rings. The normalized spacial score (nSPS) is 20.6. The molecule has 1 saturated carbocycles. The Kier molecular flexibility index (Phi) is 8.97. The van der Waals surface area contributed by atoms with Crippen molar-refractivity contribution in [2.24, 2.45) is 4.99 Å². The van der Waals surface area contributed by atoms with E-state index in [9.17, 15) is 0 Å². The molecular weight excluding hydrogens is 459 g/mol. The number of hydrogen-bond acceptors (Lipinski definition) is 4. The molecule has 8 heteroatoms. The van der Waals surface area contributed by atoms with E-state index in [1.807, 2.05) is 43.2 Å². The second-order valence-corrected chi connectivity index (χ2v) is 7.65. The number of nitrogens with one attached hydrogen (secondary N) is 2. The maximum Gasteiger partial charge on any atom is 0.191 e. The molecule has 144 valence electrons. The number of fused-ring (bicyclic) bond motifs is 1. The Labute approximate surface area is 177 Å². The molecule has 0 radical (unpaired) electrons. The first kappa shape index (κ1) is 21.3. The van der Waals surface area contributed by atoms with Crippen molar-refractivity contribution in [2.45, 2.75) is 49.8 Å². The van der Waals surface area contributed by atoms with E-state index in [1.54, 1.807) is 0 Å². The number of thioether (sulfide) groups is 1. The zero-order valence-corrected chi connectivity index (χ0v) is 18.7. The largest absolute Gasteiger partial charge is 0.356 e. The first-order valence-corrected chi connectivity index (χ1v) is 10.4. The highest BCUT2D eigenvalue weighted by Crippen LogP contribution is 2.26. The Hall–Kier alpha value is -1.03. The van der Waals surface area contributed by atoms with Crippen LogP contribution in [0.4, 0.5) is 0 Å². The Morgan fingerprint density at radius 3 is 3.04 bits per heavy atom. The summed E-state index contributed by atoms with van der Waals surface area (Å²) < 4.78 is 2.05. The van der Waals surface area contributed by atoms with Crippen LogP contribution in [0, 0.1) is 0 Å². The fourth-order valence-electron chi connectivity index (χ4n) is 3.39. The van der Waals surface area contributed by atoms with E-state index < -0.39 is 0 Å². The van der Waals surface area contributed by atoms with Crippen LogP contribution in [0.15, 0.2) is 29.4 Å². The van der Waals surface area contributed by atoms with Gasteiger partial charge in [0.2, 0.25) is 0 Å². The average molecular weight is 488 g/mol. The zero-order chi connectivity index (χ0) is 17.5. The number of rotatable bonds is 6. The van der Waals surface area contributed by atoms with Crippen LogP contribution in [0.25, 0.3) is 5.65 Å². The standard InChI is InChI=1S/C18H28N6S.HI/c1-19-18(21-14-7-5-8-15(13-14)25-2)20-11-6-10-17-23-22-16-9-3-4-12-24(16)17;/h3-4,9,12,14-15H,5-8,10-11,13H2,1-2H3,(H2,19,20,21);1H. The van der Waals surface area contributed by atoms with Crippen LogP contribution in [-0.2, 0) is 6.42 Å². The fourth-order valence-corrected chi connectivity index (χ4v) is 4.22. The number of nitrogens with zero attached hydrogens (tertiary/aromatic N) is 4. The van der Waals surface area contributed by atoms with Gasteiger partial charge in [-0.2, -0.15) is 11.8 Å². The highest BCUT2D eigenvalue weighted by molar-refractivity contribution is 14.0. The van der Waals surface area contributed by atoms with Crippen molar-refractivity contribution in [3.63, 3.8) is 0 Å². The van der Waals surface area contributed by atoms with Crippen LogP contribution in [0.2, 0.25) is 0 Å². The molecule has 0 aliphatic heterocycles. The molecule has 2 aromatic heterocycles. The fraction of sp³-hybridized carbons (Fsp3) is 0.611. The van der Waals surface area contributed by atoms with Crippen molar-refractivity contribution in [2.75, 3.05) is 19.8 Å². The van der Waals surface area contributed by atoms with Crippen LogP contribution in [0.3, 0.4) is 0 Å². The smallest absolute Gasteiger partial charge is 0.191 e. The number of halogens is 1. The van der Waals surface area contributed by atoms with Gasteiger partial charge in [-0.05, 0) is 44.1 Å². The summed E-state index contributed by atoms with van der Waals surface area (Å²) in [6, 6.07) is 6.51. The Bertz CT molecular complexity index is 704. The number of pyridine rings is 1. The lowest BCUT2D eigenvalue weighted by molar-refractivity contribution is 0.419. The summed E-state index contributed by atoms with van der Waals surface area (Å²) in [4.78, 5) is 4.37. The molecule has 0 aromatic carbocycles. The third kappa shape index (κ3) is 5.73. The van der Waals surface area contributed by atoms with Crippen LogP contribution in [-0.4, -0.2) is 51.7 Å². The van der Waals surface area contributed by atoms with Crippen LogP contribution >= 0.6 is 35.7 Å². The lowest BCUT2D eigenvalue weighted by Gasteiger charge is -2.29. The lowest BCUT2D eigenvalue weighted by atomic mass is 9.95. The molecule has 3 rings (SSSR count). The second-order valence-electron chi connectivity index (χ2n) is 6.51. The van der Waals surface area contributed by atoms with Gasteiger partial charge in [0.15, 0.2) is 11.6 Å². The maximum atomic E-state index is 4.37. The Balaban J connectivity index is 0.00000243. The van der Waals surface area contributed by atoms with Gasteiger partial charge in [0.05, 0.1) is 0 Å². The highest BCUT2D eigenvalue weighted by atomic mass is 127. The molecule has 0 bridgehead atoms. The Morgan fingerprint density at radius 1 is 1.35 bits per heavy atom. The molecule has 2 N–H and O–H groups in total. The monoisotopic (exact) mass is 488 g/mol. The number of guanidine groups is 1. The van der Waals surface area contributed by atoms with E-state index >= 15 is 0 Å². The summed E-state index contributed by atoms with van der Waals surface area (Å²) in [7, 11) is 1.84. The number of aliphatic imine (C=N–C) groups is 1. The van der Waals surface area contributed by atoms with Crippen LogP contribution < -0.4 is 10.6 Å². The van der Waals surface area contributed by atoms with Gasteiger partial charge >= 0.3 is 0 Å². The molecule has 2 heterocycles. The van der Waals surface area contributed by atoms with Crippen molar-refractivity contribution in [1.29, 1.82) is 0 Å². The molecule has 26 heavy (non-hydrogen) atoms. The summed E-state index contributed by atoms with van der Waals surface area (Å²) in [5.74, 6) is 1.92. The summed E-state index contributed by atoms with van der Waals surface area (Å²) in [5, 5.41) is 16.3. The van der Waals surface area contributed by atoms with Gasteiger partial charge < -0.3 is 10.6 Å². The molecule has 2 aromatic rings. The topological polar surface area (TPSA) is 66.6 Å². The molecule has 0 saturated heterocycles. The molecule has 0 spiro atoms. The van der Waals surface area contributed by atoms with Gasteiger partial charge in [-0.15, -0.1) is 34.2 Å². The summed E-state index contributed by atoms with van der Waals surface area (Å²) in [5.41, 5.74) is 0.906. The lowest BCUT2D eigenvalue weighted by Crippen LogP contribution is -2.46. The summed E-state index contributed by atoms with van der Waals surface area (Å²) >= 11 is 1.99. The van der Waals surface area contributed by atoms with Crippen molar-refractivity contribution >= 4 is 47.3 Å². The van der Waals surface area contributed by atoms with Crippen molar-refractivity contribution in [1.82, 2.24) is 25.2 Å². The minimum Gasteiger partial charge on any atom is -0.356 e. The highest BCUT2D eigenvalue weighted by Gasteiger charge is 2.21. The third-order valence-corrected chi connectivity index (χ3v) is 5.87. The molecule has 1 aliphatic rings. The first-order chi connectivity index (χ1) is 12.3. The summed E-state index contributed by atoms with van der Waals surface area (Å²) in [6.45, 7) is 0.875. The minimum atomic E-state index is 0. The molecule has 1 aliphatic carbocycles. The van der Waals surface area contributed by atoms with Gasteiger partial charge in [0, 0.05) is 37.5 Å². The first-order valence-electron chi connectivity index (χ1n) is 9.08. The molecule has 2 atom stereocenters. The van der Waals surface area contributed by atoms with E-state index in [0.29, 0.717) is 6.04 Å². The number of aromatic nitrogens is 3. The predicted molar refractivity (Wildman–Crippen MR) is 121 cm³/mol. The summed E-state index contributed by atoms with van der Waals surface area (Å²) in [6.07, 6.45) is 11.2. The SMILES string of the molecule is CN=C(NCCCc1nnc2ccccn12)NC1CCCC(SC)C1.I. The average Bonchev–Trinajstić information content (AvgIpc) is 3.07. The van der Waals surface area contributed by atoms with Crippen LogP contribution in [0.5, 0.6) is 0 Å². The molecule has 6 nitrogen and oxygen atoms in total. The maximum absolute atomic E-state index is 4.37. The van der Waals surface area contributed by atoms with Gasteiger partial charge in [-0.25, -0.2) is 0 Å². The van der Waals surface area contributed by atoms with Crippen molar-refractivity contribution < 1.29 is 0 Å². The van der Waals surface area contributed by atoms with E-state index in [-0.39, 0.29) is 24.0 Å². The molecular formula is C18H29IN6S. The number of aryl methyl sites for hydroxylation is 1. The Morgan fingerprint density at radius 2 is 2.23 bits per heavy atom. The van der Waals surface area contributed by atoms with Crippen molar-refractivity contribution in [3.8, 4) is 0 Å².